The Kier molecular flexibility index (Phi) is 9.40. The second kappa shape index (κ2) is 12.2. The number of benzene rings is 2. The Labute approximate surface area is 187 Å². The summed E-state index contributed by atoms with van der Waals surface area (Å²) in [7, 11) is 2.11. The fourth-order valence-electron chi connectivity index (χ4n) is 3.05. The highest BCUT2D eigenvalue weighted by atomic mass is 16.4. The average molecular weight is 441 g/mol. The molecule has 1 aliphatic heterocycles. The molecular formula is C23H28N4O5. The molecule has 0 unspecified atom stereocenters. The van der Waals surface area contributed by atoms with Crippen molar-refractivity contribution in [3.63, 3.8) is 0 Å². The van der Waals surface area contributed by atoms with E-state index in [2.05, 4.69) is 16.8 Å². The average Bonchev–Trinajstić information content (AvgIpc) is 2.77. The van der Waals surface area contributed by atoms with Crippen LogP contribution in [0.4, 0.5) is 17.1 Å². The molecule has 2 aromatic carbocycles. The topological polar surface area (TPSA) is 127 Å². The molecule has 1 amide bonds. The van der Waals surface area contributed by atoms with Gasteiger partial charge in [-0.15, -0.1) is 0 Å². The van der Waals surface area contributed by atoms with Crippen molar-refractivity contribution in [2.24, 2.45) is 0 Å². The minimum atomic E-state index is -1.26. The summed E-state index contributed by atoms with van der Waals surface area (Å²) in [5.41, 5.74) is 8.20. The summed E-state index contributed by atoms with van der Waals surface area (Å²) in [6, 6.07) is 17.2. The standard InChI is InChI=1S/C19H24N4O.C4H4O4/c1-21-11-13-22(14-12-21)15-19(24)23(17-5-3-2-4-6-17)18-9-7-16(20)8-10-18;5-3(6)1-2-4(7)8/h2-10H,11-15,20H2,1H3;1-2H,(H,5,6)(H,7,8)/b;2-1-. The lowest BCUT2D eigenvalue weighted by Gasteiger charge is -2.33. The largest absolute Gasteiger partial charge is 0.478 e. The van der Waals surface area contributed by atoms with Crippen molar-refractivity contribution < 1.29 is 24.6 Å². The van der Waals surface area contributed by atoms with Crippen LogP contribution in [-0.2, 0) is 14.4 Å². The minimum absolute atomic E-state index is 0.0792. The number of anilines is 3. The third-order valence-corrected chi connectivity index (χ3v) is 4.74. The fraction of sp³-hybridized carbons (Fsp3) is 0.261. The molecule has 0 spiro atoms. The van der Waals surface area contributed by atoms with Crippen molar-refractivity contribution in [3.05, 3.63) is 66.7 Å². The van der Waals surface area contributed by atoms with Gasteiger partial charge in [0.2, 0.25) is 5.91 Å². The van der Waals surface area contributed by atoms with Crippen LogP contribution in [0.25, 0.3) is 0 Å². The first-order valence-electron chi connectivity index (χ1n) is 10.0. The number of carbonyl (C=O) groups is 3. The van der Waals surface area contributed by atoms with E-state index in [4.69, 9.17) is 15.9 Å². The number of carbonyl (C=O) groups excluding carboxylic acids is 1. The van der Waals surface area contributed by atoms with Crippen molar-refractivity contribution in [3.8, 4) is 0 Å². The van der Waals surface area contributed by atoms with Crippen LogP contribution in [0.2, 0.25) is 0 Å². The summed E-state index contributed by atoms with van der Waals surface area (Å²) < 4.78 is 0. The molecule has 9 nitrogen and oxygen atoms in total. The first kappa shape index (κ1) is 24.6. The Bertz CT molecular complexity index is 907. The summed E-state index contributed by atoms with van der Waals surface area (Å²) >= 11 is 0. The number of aliphatic carboxylic acids is 2. The Hall–Kier alpha value is -3.69. The van der Waals surface area contributed by atoms with E-state index in [1.54, 1.807) is 4.90 Å². The maximum absolute atomic E-state index is 13.0. The van der Waals surface area contributed by atoms with Gasteiger partial charge < -0.3 is 20.8 Å². The number of likely N-dealkylation sites (N-methyl/N-ethyl adjacent to an activating group) is 1. The number of hydrogen-bond donors (Lipinski definition) is 3. The van der Waals surface area contributed by atoms with Crippen LogP contribution in [-0.4, -0.2) is 77.6 Å². The lowest BCUT2D eigenvalue weighted by Crippen LogP contribution is -2.48. The smallest absolute Gasteiger partial charge is 0.328 e. The van der Waals surface area contributed by atoms with E-state index >= 15 is 0 Å². The van der Waals surface area contributed by atoms with E-state index in [0.29, 0.717) is 24.4 Å². The van der Waals surface area contributed by atoms with Crippen LogP contribution in [0.5, 0.6) is 0 Å². The maximum Gasteiger partial charge on any atom is 0.328 e. The second-order valence-corrected chi connectivity index (χ2v) is 7.25. The maximum atomic E-state index is 13.0. The molecule has 0 radical (unpaired) electrons. The van der Waals surface area contributed by atoms with Gasteiger partial charge >= 0.3 is 11.9 Å². The van der Waals surface area contributed by atoms with Gasteiger partial charge in [0, 0.05) is 55.4 Å². The van der Waals surface area contributed by atoms with Crippen LogP contribution >= 0.6 is 0 Å². The minimum Gasteiger partial charge on any atom is -0.478 e. The molecule has 0 bridgehead atoms. The molecule has 0 saturated carbocycles. The number of hydrogen-bond acceptors (Lipinski definition) is 6. The molecular weight excluding hydrogens is 412 g/mol. The molecule has 170 valence electrons. The Morgan fingerprint density at radius 1 is 0.875 bits per heavy atom. The normalized spacial score (nSPS) is 14.4. The molecule has 1 heterocycles. The number of rotatable bonds is 6. The quantitative estimate of drug-likeness (QED) is 0.459. The molecule has 2 aromatic rings. The monoisotopic (exact) mass is 440 g/mol. The second-order valence-electron chi connectivity index (χ2n) is 7.25. The van der Waals surface area contributed by atoms with Crippen LogP contribution < -0.4 is 10.6 Å². The van der Waals surface area contributed by atoms with Crippen molar-refractivity contribution >= 4 is 34.9 Å². The molecule has 32 heavy (non-hydrogen) atoms. The highest BCUT2D eigenvalue weighted by Gasteiger charge is 2.22. The third-order valence-electron chi connectivity index (χ3n) is 4.74. The Morgan fingerprint density at radius 3 is 1.88 bits per heavy atom. The number of para-hydroxylation sites is 1. The lowest BCUT2D eigenvalue weighted by molar-refractivity contribution is -0.134. The van der Waals surface area contributed by atoms with E-state index < -0.39 is 11.9 Å². The lowest BCUT2D eigenvalue weighted by atomic mass is 10.2. The zero-order valence-corrected chi connectivity index (χ0v) is 17.9. The SMILES string of the molecule is CN1CCN(CC(=O)N(c2ccccc2)c2ccc(N)cc2)CC1.O=C(O)/C=C\C(=O)O. The first-order valence-corrected chi connectivity index (χ1v) is 10.0. The van der Waals surface area contributed by atoms with E-state index in [1.165, 1.54) is 0 Å². The zero-order chi connectivity index (χ0) is 23.5. The van der Waals surface area contributed by atoms with Crippen molar-refractivity contribution in [2.45, 2.75) is 0 Å². The number of carboxylic acid groups (broad SMARTS) is 2. The van der Waals surface area contributed by atoms with Crippen molar-refractivity contribution in [2.75, 3.05) is 50.4 Å². The highest BCUT2D eigenvalue weighted by Crippen LogP contribution is 2.26. The van der Waals surface area contributed by atoms with Gasteiger partial charge in [-0.2, -0.15) is 0 Å². The third kappa shape index (κ3) is 8.21. The molecule has 1 fully saturated rings. The zero-order valence-electron chi connectivity index (χ0n) is 17.9. The summed E-state index contributed by atoms with van der Waals surface area (Å²) in [5.74, 6) is -2.43. The number of amides is 1. The Balaban J connectivity index is 0.000000390. The molecule has 0 aliphatic carbocycles. The van der Waals surface area contributed by atoms with Gasteiger partial charge in [0.05, 0.1) is 6.54 Å². The molecule has 0 atom stereocenters. The molecule has 4 N–H and O–H groups in total. The predicted octanol–water partition coefficient (Wildman–Crippen LogP) is 1.89. The number of nitrogen functional groups attached to an aromatic ring is 1. The van der Waals surface area contributed by atoms with Gasteiger partial charge in [0.1, 0.15) is 0 Å². The predicted molar refractivity (Wildman–Crippen MR) is 123 cm³/mol. The summed E-state index contributed by atoms with van der Waals surface area (Å²) in [6.45, 7) is 4.27. The van der Waals surface area contributed by atoms with Gasteiger partial charge in [-0.1, -0.05) is 18.2 Å². The number of piperazine rings is 1. The van der Waals surface area contributed by atoms with Crippen molar-refractivity contribution in [1.82, 2.24) is 9.80 Å². The van der Waals surface area contributed by atoms with Gasteiger partial charge in [-0.25, -0.2) is 9.59 Å². The van der Waals surface area contributed by atoms with Gasteiger partial charge in [0.15, 0.2) is 0 Å². The fourth-order valence-corrected chi connectivity index (χ4v) is 3.05. The van der Waals surface area contributed by atoms with Crippen LogP contribution in [0, 0.1) is 0 Å². The molecule has 1 aliphatic rings. The highest BCUT2D eigenvalue weighted by molar-refractivity contribution is 6.01. The number of carboxylic acids is 2. The Morgan fingerprint density at radius 2 is 1.38 bits per heavy atom. The number of nitrogens with zero attached hydrogens (tertiary/aromatic N) is 3. The summed E-state index contributed by atoms with van der Waals surface area (Å²) in [4.78, 5) is 38.4. The van der Waals surface area contributed by atoms with Gasteiger partial charge in [-0.3, -0.25) is 14.6 Å². The number of nitrogens with two attached hydrogens (primary N) is 1. The van der Waals surface area contributed by atoms with Gasteiger partial charge in [0.25, 0.3) is 0 Å². The van der Waals surface area contributed by atoms with Crippen molar-refractivity contribution in [1.29, 1.82) is 0 Å². The summed E-state index contributed by atoms with van der Waals surface area (Å²) in [6.07, 6.45) is 1.12. The van der Waals surface area contributed by atoms with Crippen LogP contribution in [0.1, 0.15) is 0 Å². The van der Waals surface area contributed by atoms with E-state index in [9.17, 15) is 14.4 Å². The summed E-state index contributed by atoms with van der Waals surface area (Å²) in [5, 5.41) is 15.6. The van der Waals surface area contributed by atoms with E-state index in [1.807, 2.05) is 54.6 Å². The van der Waals surface area contributed by atoms with E-state index in [0.717, 1.165) is 37.6 Å². The molecule has 9 heteroatoms. The van der Waals surface area contributed by atoms with Crippen LogP contribution in [0.3, 0.4) is 0 Å². The van der Waals surface area contributed by atoms with Crippen LogP contribution in [0.15, 0.2) is 66.7 Å². The van der Waals surface area contributed by atoms with E-state index in [-0.39, 0.29) is 5.91 Å². The first-order chi connectivity index (χ1) is 15.3. The molecule has 3 rings (SSSR count). The molecule has 1 saturated heterocycles. The molecule has 0 aromatic heterocycles. The van der Waals surface area contributed by atoms with Gasteiger partial charge in [-0.05, 0) is 43.4 Å².